The molecule has 1 aliphatic rings. The molecule has 7 heteroatoms. The first-order valence-electron chi connectivity index (χ1n) is 9.95. The summed E-state index contributed by atoms with van der Waals surface area (Å²) in [6, 6.07) is 14.9. The minimum absolute atomic E-state index is 0.00172. The van der Waals surface area contributed by atoms with Gasteiger partial charge in [0.15, 0.2) is 0 Å². The number of rotatable bonds is 7. The molecule has 1 aliphatic heterocycles. The van der Waals surface area contributed by atoms with Gasteiger partial charge in [0.05, 0.1) is 18.0 Å². The number of amides is 1. The second kappa shape index (κ2) is 9.41. The van der Waals surface area contributed by atoms with Crippen molar-refractivity contribution in [2.24, 2.45) is 5.92 Å². The molecule has 0 radical (unpaired) electrons. The van der Waals surface area contributed by atoms with E-state index in [1.807, 2.05) is 62.4 Å². The number of nitrogens with zero attached hydrogens (tertiary/aromatic N) is 1. The molecule has 6 nitrogen and oxygen atoms in total. The van der Waals surface area contributed by atoms with Crippen LogP contribution in [0.25, 0.3) is 0 Å². The van der Waals surface area contributed by atoms with Gasteiger partial charge in [0.25, 0.3) is 0 Å². The minimum atomic E-state index is -3.40. The number of aryl methyl sites for hydroxylation is 1. The molecule has 1 saturated heterocycles. The zero-order valence-corrected chi connectivity index (χ0v) is 17.7. The lowest BCUT2D eigenvalue weighted by molar-refractivity contribution is -0.120. The number of hydrogen-bond donors (Lipinski definition) is 1. The van der Waals surface area contributed by atoms with E-state index in [4.69, 9.17) is 4.74 Å². The number of nitrogens with one attached hydrogen (secondary N) is 1. The van der Waals surface area contributed by atoms with E-state index in [9.17, 15) is 13.2 Å². The summed E-state index contributed by atoms with van der Waals surface area (Å²) in [5.41, 5.74) is 2.44. The van der Waals surface area contributed by atoms with E-state index in [0.717, 1.165) is 11.1 Å². The van der Waals surface area contributed by atoms with Crippen molar-refractivity contribution in [3.63, 3.8) is 0 Å². The fourth-order valence-corrected chi connectivity index (χ4v) is 5.21. The van der Waals surface area contributed by atoms with Gasteiger partial charge in [-0.2, -0.15) is 0 Å². The molecule has 0 bridgehead atoms. The molecule has 0 aliphatic carbocycles. The highest BCUT2D eigenvalue weighted by atomic mass is 32.2. The lowest BCUT2D eigenvalue weighted by Crippen LogP contribution is -2.42. The Bertz CT molecular complexity index is 951. The second-order valence-electron chi connectivity index (χ2n) is 7.27. The Labute approximate surface area is 172 Å². The molecule has 3 rings (SSSR count). The summed E-state index contributed by atoms with van der Waals surface area (Å²) in [7, 11) is -3.40. The first kappa shape index (κ1) is 21.3. The van der Waals surface area contributed by atoms with Crippen LogP contribution in [0, 0.1) is 12.8 Å². The molecule has 0 spiro atoms. The predicted octanol–water partition coefficient (Wildman–Crippen LogP) is 3.57. The van der Waals surface area contributed by atoms with Gasteiger partial charge in [-0.1, -0.05) is 36.4 Å². The topological polar surface area (TPSA) is 75.7 Å². The van der Waals surface area contributed by atoms with Crippen LogP contribution in [0.15, 0.2) is 48.5 Å². The van der Waals surface area contributed by atoms with Crippen molar-refractivity contribution in [3.8, 4) is 5.75 Å². The third kappa shape index (κ3) is 5.36. The van der Waals surface area contributed by atoms with Crippen LogP contribution in [0.4, 0.5) is 5.69 Å². The van der Waals surface area contributed by atoms with Crippen LogP contribution < -0.4 is 10.1 Å². The highest BCUT2D eigenvalue weighted by Crippen LogP contribution is 2.27. The number of benzene rings is 2. The van der Waals surface area contributed by atoms with Crippen LogP contribution in [-0.2, 0) is 20.6 Å². The summed E-state index contributed by atoms with van der Waals surface area (Å²) < 4.78 is 32.7. The molecular formula is C22H28N2O4S. The lowest BCUT2D eigenvalue weighted by Gasteiger charge is -2.30. The van der Waals surface area contributed by atoms with E-state index in [1.54, 1.807) is 0 Å². The molecule has 2 aromatic carbocycles. The molecule has 1 amide bonds. The van der Waals surface area contributed by atoms with E-state index in [2.05, 4.69) is 5.32 Å². The van der Waals surface area contributed by atoms with Gasteiger partial charge in [0.1, 0.15) is 5.75 Å². The molecule has 1 fully saturated rings. The number of ether oxygens (including phenoxy) is 1. The van der Waals surface area contributed by atoms with E-state index < -0.39 is 10.0 Å². The van der Waals surface area contributed by atoms with Crippen LogP contribution in [-0.4, -0.2) is 38.3 Å². The smallest absolute Gasteiger partial charge is 0.227 e. The van der Waals surface area contributed by atoms with Gasteiger partial charge in [-0.15, -0.1) is 0 Å². The molecule has 0 atom stereocenters. The van der Waals surface area contributed by atoms with Crippen LogP contribution in [0.1, 0.15) is 30.9 Å². The summed E-state index contributed by atoms with van der Waals surface area (Å²) in [6.45, 7) is 5.05. The van der Waals surface area contributed by atoms with Gasteiger partial charge in [-0.3, -0.25) is 4.79 Å². The van der Waals surface area contributed by atoms with Crippen molar-refractivity contribution in [1.29, 1.82) is 0 Å². The maximum Gasteiger partial charge on any atom is 0.227 e. The van der Waals surface area contributed by atoms with Crippen molar-refractivity contribution in [1.82, 2.24) is 4.31 Å². The van der Waals surface area contributed by atoms with Gasteiger partial charge >= 0.3 is 0 Å². The maximum atomic E-state index is 12.8. The van der Waals surface area contributed by atoms with Crippen molar-refractivity contribution >= 4 is 21.6 Å². The van der Waals surface area contributed by atoms with Crippen LogP contribution in [0.2, 0.25) is 0 Å². The molecule has 1 N–H and O–H groups in total. The van der Waals surface area contributed by atoms with Gasteiger partial charge < -0.3 is 10.1 Å². The van der Waals surface area contributed by atoms with Gasteiger partial charge in [-0.25, -0.2) is 12.7 Å². The molecule has 156 valence electrons. The Morgan fingerprint density at radius 1 is 1.10 bits per heavy atom. The van der Waals surface area contributed by atoms with Crippen LogP contribution in [0.3, 0.4) is 0 Å². The van der Waals surface area contributed by atoms with Crippen LogP contribution in [0.5, 0.6) is 5.75 Å². The average molecular weight is 417 g/mol. The standard InChI is InChI=1S/C22H28N2O4S/c1-3-28-21-11-7-6-10-20(21)23-22(25)18-12-14-24(15-13-18)29(26,27)16-19-9-5-4-8-17(19)2/h4-11,18H,3,12-16H2,1-2H3,(H,23,25). The second-order valence-corrected chi connectivity index (χ2v) is 9.24. The predicted molar refractivity (Wildman–Crippen MR) is 114 cm³/mol. The van der Waals surface area contributed by atoms with Crippen LogP contribution >= 0.6 is 0 Å². The Morgan fingerprint density at radius 2 is 1.76 bits per heavy atom. The highest BCUT2D eigenvalue weighted by molar-refractivity contribution is 7.88. The fraction of sp³-hybridized carbons (Fsp3) is 0.409. The first-order valence-corrected chi connectivity index (χ1v) is 11.6. The van der Waals surface area contributed by atoms with Gasteiger partial charge in [-0.05, 0) is 49.9 Å². The number of sulfonamides is 1. The zero-order valence-electron chi connectivity index (χ0n) is 16.9. The van der Waals surface area contributed by atoms with Crippen molar-refractivity contribution < 1.29 is 17.9 Å². The zero-order chi connectivity index (χ0) is 20.9. The highest BCUT2D eigenvalue weighted by Gasteiger charge is 2.31. The molecule has 29 heavy (non-hydrogen) atoms. The van der Waals surface area contributed by atoms with Gasteiger partial charge in [0.2, 0.25) is 15.9 Å². The third-order valence-corrected chi connectivity index (χ3v) is 7.09. The first-order chi connectivity index (χ1) is 13.9. The lowest BCUT2D eigenvalue weighted by atomic mass is 9.97. The molecular weight excluding hydrogens is 388 g/mol. The summed E-state index contributed by atoms with van der Waals surface area (Å²) in [5, 5.41) is 2.93. The Kier molecular flexibility index (Phi) is 6.92. The number of anilines is 1. The monoisotopic (exact) mass is 416 g/mol. The Morgan fingerprint density at radius 3 is 2.45 bits per heavy atom. The number of carbonyl (C=O) groups is 1. The van der Waals surface area contributed by atoms with E-state index in [-0.39, 0.29) is 17.6 Å². The normalized spacial score (nSPS) is 15.8. The van der Waals surface area contributed by atoms with Crippen molar-refractivity contribution in [2.75, 3.05) is 25.0 Å². The number of piperidine rings is 1. The van der Waals surface area contributed by atoms with E-state index in [1.165, 1.54) is 4.31 Å². The number of hydrogen-bond acceptors (Lipinski definition) is 4. The summed E-state index contributed by atoms with van der Waals surface area (Å²) in [5.74, 6) is 0.336. The van der Waals surface area contributed by atoms with Crippen molar-refractivity contribution in [3.05, 3.63) is 59.7 Å². The third-order valence-electron chi connectivity index (χ3n) is 5.26. The van der Waals surface area contributed by atoms with Gasteiger partial charge in [0, 0.05) is 19.0 Å². The fourth-order valence-electron chi connectivity index (χ4n) is 3.54. The average Bonchev–Trinajstić information content (AvgIpc) is 2.71. The number of carbonyl (C=O) groups excluding carboxylic acids is 1. The Hall–Kier alpha value is -2.38. The maximum absolute atomic E-state index is 12.8. The molecule has 1 heterocycles. The van der Waals surface area contributed by atoms with Crippen molar-refractivity contribution in [2.45, 2.75) is 32.4 Å². The number of para-hydroxylation sites is 2. The molecule has 0 aromatic heterocycles. The minimum Gasteiger partial charge on any atom is -0.492 e. The molecule has 0 saturated carbocycles. The summed E-state index contributed by atoms with van der Waals surface area (Å²) >= 11 is 0. The Balaban J connectivity index is 1.59. The van der Waals surface area contributed by atoms with E-state index in [0.29, 0.717) is 44.0 Å². The molecule has 0 unspecified atom stereocenters. The quantitative estimate of drug-likeness (QED) is 0.749. The molecule has 2 aromatic rings. The summed E-state index contributed by atoms with van der Waals surface area (Å²) in [4.78, 5) is 12.7. The van der Waals surface area contributed by atoms with E-state index >= 15 is 0 Å². The largest absolute Gasteiger partial charge is 0.492 e. The SMILES string of the molecule is CCOc1ccccc1NC(=O)C1CCN(S(=O)(=O)Cc2ccccc2C)CC1. The summed E-state index contributed by atoms with van der Waals surface area (Å²) in [6.07, 6.45) is 1.02.